The molecule has 96 valence electrons. The zero-order valence-corrected chi connectivity index (χ0v) is 11.2. The van der Waals surface area contributed by atoms with Crippen LogP contribution < -0.4 is 5.63 Å². The zero-order valence-electron chi connectivity index (χ0n) is 10.4. The average molecular weight is 279 g/mol. The van der Waals surface area contributed by atoms with Crippen molar-refractivity contribution in [1.82, 2.24) is 4.98 Å². The third-order valence-corrected chi connectivity index (χ3v) is 3.98. The number of thiophene rings is 1. The number of benzene rings is 1. The van der Waals surface area contributed by atoms with Gasteiger partial charge < -0.3 is 4.42 Å². The van der Waals surface area contributed by atoms with E-state index in [0.29, 0.717) is 11.1 Å². The van der Waals surface area contributed by atoms with Gasteiger partial charge in [0.05, 0.1) is 11.1 Å². The molecule has 1 aromatic carbocycles. The first-order valence-electron chi connectivity index (χ1n) is 6.17. The van der Waals surface area contributed by atoms with Gasteiger partial charge in [0.1, 0.15) is 5.58 Å². The lowest BCUT2D eigenvalue weighted by Gasteiger charge is -2.03. The normalized spacial score (nSPS) is 11.2. The highest BCUT2D eigenvalue weighted by molar-refractivity contribution is 7.08. The van der Waals surface area contributed by atoms with E-state index in [9.17, 15) is 4.79 Å². The molecule has 0 saturated carbocycles. The quantitative estimate of drug-likeness (QED) is 0.493. The molecular weight excluding hydrogens is 270 g/mol. The molecule has 3 aromatic heterocycles. The van der Waals surface area contributed by atoms with Crippen molar-refractivity contribution in [1.29, 1.82) is 0 Å². The smallest absolute Gasteiger partial charge is 0.344 e. The Morgan fingerprint density at radius 3 is 2.90 bits per heavy atom. The summed E-state index contributed by atoms with van der Waals surface area (Å²) in [6.07, 6.45) is 1.75. The lowest BCUT2D eigenvalue weighted by atomic mass is 10.1. The largest absolute Gasteiger partial charge is 0.421 e. The Morgan fingerprint density at radius 2 is 2.05 bits per heavy atom. The van der Waals surface area contributed by atoms with Gasteiger partial charge in [0, 0.05) is 17.0 Å². The van der Waals surface area contributed by atoms with Crippen LogP contribution in [0.4, 0.5) is 0 Å². The van der Waals surface area contributed by atoms with Crippen LogP contribution in [-0.2, 0) is 0 Å². The minimum atomic E-state index is -0.313. The molecule has 0 fully saturated rings. The molecule has 0 radical (unpaired) electrons. The highest BCUT2D eigenvalue weighted by Crippen LogP contribution is 2.26. The summed E-state index contributed by atoms with van der Waals surface area (Å²) < 4.78 is 5.54. The number of nitrogens with zero attached hydrogens (tertiary/aromatic N) is 1. The molecule has 0 unspecified atom stereocenters. The van der Waals surface area contributed by atoms with E-state index in [1.807, 2.05) is 47.2 Å². The fraction of sp³-hybridized carbons (Fsp3) is 0. The van der Waals surface area contributed by atoms with Crippen molar-refractivity contribution in [3.63, 3.8) is 0 Å². The number of para-hydroxylation sites is 1. The highest BCUT2D eigenvalue weighted by atomic mass is 32.1. The lowest BCUT2D eigenvalue weighted by molar-refractivity contribution is 0.566. The number of pyridine rings is 1. The summed E-state index contributed by atoms with van der Waals surface area (Å²) >= 11 is 1.55. The van der Waals surface area contributed by atoms with Crippen LogP contribution in [0.25, 0.3) is 33.0 Å². The standard InChI is InChI=1S/C16H9NO2S/c18-16-13(10-5-6-20-9-10)7-11-8-17-14-4-2-1-3-12(14)15(11)19-16/h1-9H. The number of hydrogen-bond donors (Lipinski definition) is 0. The molecule has 0 N–H and O–H groups in total. The van der Waals surface area contributed by atoms with Gasteiger partial charge in [0.25, 0.3) is 0 Å². The summed E-state index contributed by atoms with van der Waals surface area (Å²) in [6, 6.07) is 11.4. The van der Waals surface area contributed by atoms with Crippen LogP contribution in [0.15, 0.2) is 62.6 Å². The van der Waals surface area contributed by atoms with Gasteiger partial charge in [-0.05, 0) is 40.6 Å². The van der Waals surface area contributed by atoms with E-state index in [0.717, 1.165) is 21.9 Å². The molecule has 4 rings (SSSR count). The Balaban J connectivity index is 2.11. The zero-order chi connectivity index (χ0) is 13.5. The Kier molecular flexibility index (Phi) is 2.44. The van der Waals surface area contributed by atoms with Crippen molar-refractivity contribution in [3.8, 4) is 11.1 Å². The summed E-state index contributed by atoms with van der Waals surface area (Å²) in [5.74, 6) is 0. The number of rotatable bonds is 1. The van der Waals surface area contributed by atoms with Crippen LogP contribution in [0.2, 0.25) is 0 Å². The first-order valence-corrected chi connectivity index (χ1v) is 7.11. The molecule has 0 bridgehead atoms. The van der Waals surface area contributed by atoms with E-state index in [1.165, 1.54) is 0 Å². The molecule has 0 saturated heterocycles. The average Bonchev–Trinajstić information content (AvgIpc) is 3.00. The first-order chi connectivity index (χ1) is 9.83. The molecule has 0 amide bonds. The van der Waals surface area contributed by atoms with Crippen LogP contribution in [0.5, 0.6) is 0 Å². The minimum absolute atomic E-state index is 0.313. The van der Waals surface area contributed by atoms with Crippen LogP contribution in [0.3, 0.4) is 0 Å². The van der Waals surface area contributed by atoms with Crippen LogP contribution >= 0.6 is 11.3 Å². The monoisotopic (exact) mass is 279 g/mol. The van der Waals surface area contributed by atoms with E-state index in [-0.39, 0.29) is 5.63 Å². The Bertz CT molecular complexity index is 971. The van der Waals surface area contributed by atoms with Crippen molar-refractivity contribution >= 4 is 33.2 Å². The Labute approximate surface area is 118 Å². The van der Waals surface area contributed by atoms with Crippen molar-refractivity contribution in [2.75, 3.05) is 0 Å². The van der Waals surface area contributed by atoms with E-state index >= 15 is 0 Å². The van der Waals surface area contributed by atoms with Crippen molar-refractivity contribution in [2.45, 2.75) is 0 Å². The summed E-state index contributed by atoms with van der Waals surface area (Å²) in [6.45, 7) is 0. The predicted octanol–water partition coefficient (Wildman–Crippen LogP) is 4.07. The van der Waals surface area contributed by atoms with E-state index in [1.54, 1.807) is 17.5 Å². The fourth-order valence-electron chi connectivity index (χ4n) is 2.33. The van der Waals surface area contributed by atoms with Crippen LogP contribution in [-0.4, -0.2) is 4.98 Å². The number of fused-ring (bicyclic) bond motifs is 3. The maximum absolute atomic E-state index is 12.2. The predicted molar refractivity (Wildman–Crippen MR) is 81.1 cm³/mol. The van der Waals surface area contributed by atoms with Gasteiger partial charge in [-0.1, -0.05) is 12.1 Å². The van der Waals surface area contributed by atoms with Gasteiger partial charge in [-0.25, -0.2) is 4.79 Å². The van der Waals surface area contributed by atoms with Gasteiger partial charge in [-0.3, -0.25) is 4.98 Å². The molecule has 4 aromatic rings. The van der Waals surface area contributed by atoms with Gasteiger partial charge in [-0.2, -0.15) is 11.3 Å². The third-order valence-electron chi connectivity index (χ3n) is 3.30. The fourth-order valence-corrected chi connectivity index (χ4v) is 2.99. The molecule has 0 spiro atoms. The first kappa shape index (κ1) is 11.4. The minimum Gasteiger partial charge on any atom is -0.421 e. The second-order valence-corrected chi connectivity index (χ2v) is 5.30. The lowest BCUT2D eigenvalue weighted by Crippen LogP contribution is -2.02. The van der Waals surface area contributed by atoms with E-state index in [2.05, 4.69) is 4.98 Å². The number of aromatic nitrogens is 1. The second-order valence-electron chi connectivity index (χ2n) is 4.52. The topological polar surface area (TPSA) is 43.1 Å². The van der Waals surface area contributed by atoms with Crippen molar-refractivity contribution < 1.29 is 4.42 Å². The molecule has 0 aliphatic heterocycles. The molecule has 0 aliphatic rings. The van der Waals surface area contributed by atoms with Crippen molar-refractivity contribution in [3.05, 3.63) is 63.8 Å². The molecule has 20 heavy (non-hydrogen) atoms. The molecule has 3 heterocycles. The second kappa shape index (κ2) is 4.28. The summed E-state index contributed by atoms with van der Waals surface area (Å²) in [5.41, 5.74) is 2.58. The molecular formula is C16H9NO2S. The SMILES string of the molecule is O=c1oc2c(cnc3ccccc32)cc1-c1ccsc1. The maximum Gasteiger partial charge on any atom is 0.344 e. The van der Waals surface area contributed by atoms with Gasteiger partial charge >= 0.3 is 5.63 Å². The maximum atomic E-state index is 12.2. The summed E-state index contributed by atoms with van der Waals surface area (Å²) in [7, 11) is 0. The molecule has 3 nitrogen and oxygen atoms in total. The van der Waals surface area contributed by atoms with Gasteiger partial charge in [0.15, 0.2) is 0 Å². The summed E-state index contributed by atoms with van der Waals surface area (Å²) in [5, 5.41) is 5.58. The molecule has 0 aliphatic carbocycles. The van der Waals surface area contributed by atoms with Crippen molar-refractivity contribution in [2.24, 2.45) is 0 Å². The van der Waals surface area contributed by atoms with Crippen LogP contribution in [0.1, 0.15) is 0 Å². The van der Waals surface area contributed by atoms with Gasteiger partial charge in [0.2, 0.25) is 0 Å². The summed E-state index contributed by atoms with van der Waals surface area (Å²) in [4.78, 5) is 16.6. The molecule has 4 heteroatoms. The Morgan fingerprint density at radius 1 is 1.15 bits per heavy atom. The highest BCUT2D eigenvalue weighted by Gasteiger charge is 2.10. The van der Waals surface area contributed by atoms with E-state index in [4.69, 9.17) is 4.42 Å². The van der Waals surface area contributed by atoms with Crippen LogP contribution in [0, 0.1) is 0 Å². The number of hydrogen-bond acceptors (Lipinski definition) is 4. The third kappa shape index (κ3) is 1.66. The molecule has 0 atom stereocenters. The van der Waals surface area contributed by atoms with E-state index < -0.39 is 0 Å². The van der Waals surface area contributed by atoms with Gasteiger partial charge in [-0.15, -0.1) is 0 Å². The Hall–Kier alpha value is -2.46.